The second-order valence-electron chi connectivity index (χ2n) is 5.35. The smallest absolute Gasteiger partial charge is 0.262 e. The Kier molecular flexibility index (Phi) is 4.73. The number of aromatic amines is 1. The molecule has 1 unspecified atom stereocenters. The number of halogens is 1. The molecule has 1 atom stereocenters. The van der Waals surface area contributed by atoms with E-state index in [-0.39, 0.29) is 16.9 Å². The third-order valence-corrected chi connectivity index (χ3v) is 5.96. The number of likely N-dealkylation sites (N-methyl/N-ethyl adjacent to an activating group) is 1. The number of hydrogen-bond donors (Lipinski definition) is 1. The van der Waals surface area contributed by atoms with E-state index >= 15 is 0 Å². The Balaban J connectivity index is 2.38. The zero-order valence-electron chi connectivity index (χ0n) is 12.1. The molecule has 0 radical (unpaired) electrons. The van der Waals surface area contributed by atoms with E-state index in [9.17, 15) is 8.42 Å². The van der Waals surface area contributed by atoms with E-state index in [2.05, 4.69) is 15.1 Å². The predicted octanol–water partition coefficient (Wildman–Crippen LogP) is 1.17. The summed E-state index contributed by atoms with van der Waals surface area (Å²) in [4.78, 5) is 2.15. The van der Waals surface area contributed by atoms with Crippen LogP contribution in [0.2, 0.25) is 0 Å². The topological polar surface area (TPSA) is 69.3 Å². The second kappa shape index (κ2) is 6.01. The highest BCUT2D eigenvalue weighted by molar-refractivity contribution is 7.89. The Hall–Kier alpha value is -0.630. The van der Waals surface area contributed by atoms with Gasteiger partial charge in [-0.2, -0.15) is 9.40 Å². The number of alkyl halides is 1. The van der Waals surface area contributed by atoms with Gasteiger partial charge >= 0.3 is 0 Å². The summed E-state index contributed by atoms with van der Waals surface area (Å²) >= 11 is 5.86. The maximum Gasteiger partial charge on any atom is 0.262 e. The van der Waals surface area contributed by atoms with Gasteiger partial charge in [-0.05, 0) is 33.9 Å². The van der Waals surface area contributed by atoms with Gasteiger partial charge in [-0.3, -0.25) is 5.10 Å². The van der Waals surface area contributed by atoms with Gasteiger partial charge in [0.2, 0.25) is 0 Å². The highest BCUT2D eigenvalue weighted by Gasteiger charge is 2.34. The zero-order chi connectivity index (χ0) is 14.9. The highest BCUT2D eigenvalue weighted by Crippen LogP contribution is 2.25. The molecule has 0 bridgehead atoms. The molecule has 0 amide bonds. The van der Waals surface area contributed by atoms with E-state index in [0.717, 1.165) is 19.5 Å². The molecule has 1 saturated heterocycles. The molecule has 1 N–H and O–H groups in total. The van der Waals surface area contributed by atoms with Crippen LogP contribution in [0.15, 0.2) is 5.03 Å². The normalized spacial score (nSPS) is 22.9. The SMILES string of the molecule is Cc1[nH]nc(S(=O)(=O)N2CCCN(C)CC2C)c1CCl. The first-order valence-electron chi connectivity index (χ1n) is 6.68. The maximum absolute atomic E-state index is 12.8. The van der Waals surface area contributed by atoms with Crippen molar-refractivity contribution in [2.45, 2.75) is 37.2 Å². The number of aromatic nitrogens is 2. The van der Waals surface area contributed by atoms with Crippen LogP contribution in [0.5, 0.6) is 0 Å². The number of rotatable bonds is 3. The number of hydrogen-bond acceptors (Lipinski definition) is 4. The van der Waals surface area contributed by atoms with Gasteiger partial charge in [-0.15, -0.1) is 11.6 Å². The molecule has 1 fully saturated rings. The van der Waals surface area contributed by atoms with Gasteiger partial charge in [0.05, 0.1) is 5.88 Å². The fraction of sp³-hybridized carbons (Fsp3) is 0.750. The van der Waals surface area contributed by atoms with Crippen molar-refractivity contribution in [1.82, 2.24) is 19.4 Å². The van der Waals surface area contributed by atoms with Gasteiger partial charge < -0.3 is 4.90 Å². The van der Waals surface area contributed by atoms with Crippen molar-refractivity contribution in [3.05, 3.63) is 11.3 Å². The van der Waals surface area contributed by atoms with Gasteiger partial charge in [0, 0.05) is 30.4 Å². The van der Waals surface area contributed by atoms with Crippen LogP contribution in [0.1, 0.15) is 24.6 Å². The molecular weight excluding hydrogens is 300 g/mol. The Morgan fingerprint density at radius 2 is 2.15 bits per heavy atom. The van der Waals surface area contributed by atoms with Crippen LogP contribution in [-0.4, -0.2) is 60.5 Å². The van der Waals surface area contributed by atoms with Crippen LogP contribution in [0, 0.1) is 6.92 Å². The number of aryl methyl sites for hydroxylation is 1. The summed E-state index contributed by atoms with van der Waals surface area (Å²) in [6.45, 7) is 5.85. The van der Waals surface area contributed by atoms with E-state index in [0.29, 0.717) is 17.8 Å². The molecule has 20 heavy (non-hydrogen) atoms. The molecule has 0 saturated carbocycles. The van der Waals surface area contributed by atoms with E-state index in [1.165, 1.54) is 0 Å². The summed E-state index contributed by atoms with van der Waals surface area (Å²) in [5.74, 6) is 0.138. The Morgan fingerprint density at radius 3 is 2.80 bits per heavy atom. The van der Waals surface area contributed by atoms with E-state index in [4.69, 9.17) is 11.6 Å². The lowest BCUT2D eigenvalue weighted by Crippen LogP contribution is -2.42. The fourth-order valence-electron chi connectivity index (χ4n) is 2.62. The van der Waals surface area contributed by atoms with E-state index in [1.54, 1.807) is 11.2 Å². The van der Waals surface area contributed by atoms with Crippen LogP contribution < -0.4 is 0 Å². The molecule has 6 nitrogen and oxygen atoms in total. The molecule has 0 aliphatic carbocycles. The van der Waals surface area contributed by atoms with Crippen LogP contribution >= 0.6 is 11.6 Å². The summed E-state index contributed by atoms with van der Waals surface area (Å²) < 4.78 is 27.2. The molecule has 0 aromatic carbocycles. The number of H-pyrrole nitrogens is 1. The number of sulfonamides is 1. The summed E-state index contributed by atoms with van der Waals surface area (Å²) in [6.07, 6.45) is 0.819. The van der Waals surface area contributed by atoms with E-state index < -0.39 is 10.0 Å². The molecule has 1 aromatic heterocycles. The summed E-state index contributed by atoms with van der Waals surface area (Å²) in [6, 6.07) is -0.0762. The summed E-state index contributed by atoms with van der Waals surface area (Å²) in [5.41, 5.74) is 1.27. The average Bonchev–Trinajstić information content (AvgIpc) is 2.66. The molecule has 114 valence electrons. The lowest BCUT2D eigenvalue weighted by atomic mass is 10.3. The summed E-state index contributed by atoms with van der Waals surface area (Å²) in [7, 11) is -1.59. The van der Waals surface area contributed by atoms with Crippen LogP contribution in [0.4, 0.5) is 0 Å². The number of nitrogens with one attached hydrogen (secondary N) is 1. The lowest BCUT2D eigenvalue weighted by molar-refractivity contribution is 0.290. The van der Waals surface area contributed by atoms with Crippen LogP contribution in [-0.2, 0) is 15.9 Å². The Morgan fingerprint density at radius 1 is 1.45 bits per heavy atom. The lowest BCUT2D eigenvalue weighted by Gasteiger charge is -2.26. The quantitative estimate of drug-likeness (QED) is 0.849. The van der Waals surface area contributed by atoms with Crippen molar-refractivity contribution in [3.63, 3.8) is 0 Å². The van der Waals surface area contributed by atoms with Crippen LogP contribution in [0.25, 0.3) is 0 Å². The largest absolute Gasteiger partial charge is 0.305 e. The first-order valence-corrected chi connectivity index (χ1v) is 8.65. The van der Waals surface area contributed by atoms with Crippen molar-refractivity contribution >= 4 is 21.6 Å². The van der Waals surface area contributed by atoms with Gasteiger partial charge in [0.25, 0.3) is 10.0 Å². The third kappa shape index (κ3) is 2.86. The van der Waals surface area contributed by atoms with Crippen molar-refractivity contribution in [3.8, 4) is 0 Å². The molecule has 1 aromatic rings. The first kappa shape index (κ1) is 15.8. The molecule has 2 rings (SSSR count). The first-order chi connectivity index (χ1) is 9.37. The zero-order valence-corrected chi connectivity index (χ0v) is 13.6. The average molecular weight is 321 g/mol. The van der Waals surface area contributed by atoms with Gasteiger partial charge in [-0.1, -0.05) is 0 Å². The standard InChI is InChI=1S/C12H21ClN4O2S/c1-9-8-16(3)5-4-6-17(9)20(18,19)12-11(7-13)10(2)14-15-12/h9H,4-8H2,1-3H3,(H,14,15). The maximum atomic E-state index is 12.8. The molecule has 1 aliphatic heterocycles. The van der Waals surface area contributed by atoms with Crippen molar-refractivity contribution in [2.75, 3.05) is 26.7 Å². The molecule has 8 heteroatoms. The fourth-order valence-corrected chi connectivity index (χ4v) is 4.86. The van der Waals surface area contributed by atoms with Crippen molar-refractivity contribution < 1.29 is 8.42 Å². The third-order valence-electron chi connectivity index (χ3n) is 3.71. The summed E-state index contributed by atoms with van der Waals surface area (Å²) in [5, 5.41) is 6.76. The highest BCUT2D eigenvalue weighted by atomic mass is 35.5. The minimum Gasteiger partial charge on any atom is -0.305 e. The minimum absolute atomic E-state index is 0.0707. The van der Waals surface area contributed by atoms with Crippen molar-refractivity contribution in [1.29, 1.82) is 0 Å². The Labute approximate surface area is 125 Å². The molecule has 2 heterocycles. The number of nitrogens with zero attached hydrogens (tertiary/aromatic N) is 3. The minimum atomic E-state index is -3.60. The molecular formula is C12H21ClN4O2S. The molecule has 1 aliphatic rings. The van der Waals surface area contributed by atoms with Crippen molar-refractivity contribution in [2.24, 2.45) is 0 Å². The van der Waals surface area contributed by atoms with Gasteiger partial charge in [0.1, 0.15) is 0 Å². The second-order valence-corrected chi connectivity index (χ2v) is 7.42. The Bertz CT molecular complexity index is 572. The van der Waals surface area contributed by atoms with Gasteiger partial charge in [0.15, 0.2) is 5.03 Å². The van der Waals surface area contributed by atoms with E-state index in [1.807, 2.05) is 14.0 Å². The predicted molar refractivity (Wildman–Crippen MR) is 78.3 cm³/mol. The van der Waals surface area contributed by atoms with Gasteiger partial charge in [-0.25, -0.2) is 8.42 Å². The van der Waals surface area contributed by atoms with Crippen LogP contribution in [0.3, 0.4) is 0 Å². The monoisotopic (exact) mass is 320 g/mol. The molecule has 0 spiro atoms.